The first-order valence-electron chi connectivity index (χ1n) is 4.96. The van der Waals surface area contributed by atoms with Gasteiger partial charge in [0.25, 0.3) is 5.91 Å². The van der Waals surface area contributed by atoms with Crippen LogP contribution >= 0.6 is 0 Å². The van der Waals surface area contributed by atoms with Gasteiger partial charge >= 0.3 is 0 Å². The number of halogens is 3. The van der Waals surface area contributed by atoms with Gasteiger partial charge in [-0.1, -0.05) is 12.1 Å². The summed E-state index contributed by atoms with van der Waals surface area (Å²) in [6.45, 7) is 0. The van der Waals surface area contributed by atoms with Crippen LogP contribution in [-0.2, 0) is 0 Å². The van der Waals surface area contributed by atoms with Crippen LogP contribution in [0.15, 0.2) is 36.4 Å². The van der Waals surface area contributed by atoms with Crippen LogP contribution in [0.3, 0.4) is 0 Å². The van der Waals surface area contributed by atoms with Gasteiger partial charge < -0.3 is 5.32 Å². The van der Waals surface area contributed by atoms with Crippen molar-refractivity contribution in [3.05, 3.63) is 59.7 Å². The van der Waals surface area contributed by atoms with Crippen molar-refractivity contribution in [3.8, 4) is 0 Å². The number of anilines is 1. The molecule has 1 aromatic carbocycles. The van der Waals surface area contributed by atoms with E-state index in [4.69, 9.17) is 0 Å². The van der Waals surface area contributed by atoms with Crippen LogP contribution in [0.1, 0.15) is 10.4 Å². The molecule has 0 atom stereocenters. The third kappa shape index (κ3) is 2.48. The summed E-state index contributed by atoms with van der Waals surface area (Å²) in [6.07, 6.45) is 0. The molecule has 0 bridgehead atoms. The molecular weight excluding hydrogens is 245 g/mol. The first kappa shape index (κ1) is 12.1. The molecule has 18 heavy (non-hydrogen) atoms. The Morgan fingerprint density at radius 1 is 1.06 bits per heavy atom. The molecule has 0 fully saturated rings. The van der Waals surface area contributed by atoms with Crippen LogP contribution in [0.25, 0.3) is 0 Å². The molecule has 1 amide bonds. The zero-order chi connectivity index (χ0) is 13.1. The van der Waals surface area contributed by atoms with Crippen molar-refractivity contribution in [1.82, 2.24) is 4.98 Å². The van der Waals surface area contributed by atoms with Crippen molar-refractivity contribution in [2.75, 3.05) is 5.32 Å². The summed E-state index contributed by atoms with van der Waals surface area (Å²) >= 11 is 0. The second-order valence-electron chi connectivity index (χ2n) is 3.41. The molecule has 6 heteroatoms. The maximum atomic E-state index is 13.3. The summed E-state index contributed by atoms with van der Waals surface area (Å²) in [5.41, 5.74) is -0.550. The van der Waals surface area contributed by atoms with Crippen LogP contribution in [0, 0.1) is 17.7 Å². The van der Waals surface area contributed by atoms with Crippen LogP contribution in [-0.4, -0.2) is 10.9 Å². The molecule has 3 nitrogen and oxygen atoms in total. The van der Waals surface area contributed by atoms with Gasteiger partial charge in [-0.25, -0.2) is 4.39 Å². The Morgan fingerprint density at radius 3 is 2.44 bits per heavy atom. The summed E-state index contributed by atoms with van der Waals surface area (Å²) < 4.78 is 39.0. The van der Waals surface area contributed by atoms with E-state index in [1.807, 2.05) is 0 Å². The van der Waals surface area contributed by atoms with Gasteiger partial charge in [0.1, 0.15) is 5.82 Å². The van der Waals surface area contributed by atoms with E-state index in [1.165, 1.54) is 18.2 Å². The molecule has 2 rings (SSSR count). The number of hydrogen-bond donors (Lipinski definition) is 1. The van der Waals surface area contributed by atoms with Crippen molar-refractivity contribution in [3.63, 3.8) is 0 Å². The largest absolute Gasteiger partial charge is 0.318 e. The fourth-order valence-electron chi connectivity index (χ4n) is 1.34. The Bertz CT molecular complexity index is 602. The first-order valence-corrected chi connectivity index (χ1v) is 4.96. The summed E-state index contributed by atoms with van der Waals surface area (Å²) in [5.74, 6) is -3.73. The van der Waals surface area contributed by atoms with E-state index in [1.54, 1.807) is 0 Å². The molecule has 0 saturated carbocycles. The van der Waals surface area contributed by atoms with Crippen LogP contribution in [0.5, 0.6) is 0 Å². The second-order valence-corrected chi connectivity index (χ2v) is 3.41. The van der Waals surface area contributed by atoms with Crippen LogP contribution in [0.4, 0.5) is 18.9 Å². The fraction of sp³-hybridized carbons (Fsp3) is 0. The van der Waals surface area contributed by atoms with Crippen LogP contribution < -0.4 is 5.32 Å². The van der Waals surface area contributed by atoms with Crippen molar-refractivity contribution < 1.29 is 18.0 Å². The molecule has 0 aliphatic carbocycles. The van der Waals surface area contributed by atoms with Gasteiger partial charge in [0.15, 0.2) is 0 Å². The predicted octanol–water partition coefficient (Wildman–Crippen LogP) is 2.75. The zero-order valence-electron chi connectivity index (χ0n) is 8.95. The van der Waals surface area contributed by atoms with Gasteiger partial charge in [0, 0.05) is 0 Å². The van der Waals surface area contributed by atoms with Crippen molar-refractivity contribution >= 4 is 11.6 Å². The standard InChI is InChI=1S/C12H7F3N2O/c13-8-4-2-1-3-7(8)12(18)16-9-5-6-10(14)17-11(9)15/h1-6H,(H,16,18). The van der Waals surface area contributed by atoms with E-state index >= 15 is 0 Å². The third-order valence-corrected chi connectivity index (χ3v) is 2.18. The number of pyridine rings is 1. The van der Waals surface area contributed by atoms with Crippen molar-refractivity contribution in [1.29, 1.82) is 0 Å². The molecule has 0 aliphatic rings. The molecule has 0 unspecified atom stereocenters. The van der Waals surface area contributed by atoms with Gasteiger partial charge in [-0.05, 0) is 24.3 Å². The average molecular weight is 252 g/mol. The molecule has 1 aromatic heterocycles. The highest BCUT2D eigenvalue weighted by atomic mass is 19.1. The lowest BCUT2D eigenvalue weighted by Gasteiger charge is -2.06. The topological polar surface area (TPSA) is 42.0 Å². The summed E-state index contributed by atoms with van der Waals surface area (Å²) in [7, 11) is 0. The average Bonchev–Trinajstić information content (AvgIpc) is 2.33. The Hall–Kier alpha value is -2.37. The van der Waals surface area contributed by atoms with Crippen LogP contribution in [0.2, 0.25) is 0 Å². The quantitative estimate of drug-likeness (QED) is 0.835. The number of amides is 1. The highest BCUT2D eigenvalue weighted by molar-refractivity contribution is 6.04. The van der Waals surface area contributed by atoms with E-state index in [0.29, 0.717) is 0 Å². The lowest BCUT2D eigenvalue weighted by atomic mass is 10.2. The summed E-state index contributed by atoms with van der Waals surface area (Å²) in [6, 6.07) is 7.15. The minimum absolute atomic E-state index is 0.235. The lowest BCUT2D eigenvalue weighted by molar-refractivity contribution is 0.102. The SMILES string of the molecule is O=C(Nc1ccc(F)nc1F)c1ccccc1F. The number of hydrogen-bond acceptors (Lipinski definition) is 2. The maximum Gasteiger partial charge on any atom is 0.258 e. The van der Waals surface area contributed by atoms with Gasteiger partial charge in [-0.2, -0.15) is 13.8 Å². The molecule has 0 aliphatic heterocycles. The third-order valence-electron chi connectivity index (χ3n) is 2.18. The normalized spacial score (nSPS) is 10.2. The van der Waals surface area contributed by atoms with E-state index in [-0.39, 0.29) is 11.3 Å². The Morgan fingerprint density at radius 2 is 1.78 bits per heavy atom. The minimum Gasteiger partial charge on any atom is -0.318 e. The van der Waals surface area contributed by atoms with Crippen molar-refractivity contribution in [2.45, 2.75) is 0 Å². The zero-order valence-corrected chi connectivity index (χ0v) is 8.95. The molecule has 92 valence electrons. The Balaban J connectivity index is 2.24. The highest BCUT2D eigenvalue weighted by Gasteiger charge is 2.13. The van der Waals surface area contributed by atoms with E-state index in [9.17, 15) is 18.0 Å². The molecule has 0 spiro atoms. The summed E-state index contributed by atoms with van der Waals surface area (Å²) in [5, 5.41) is 2.11. The Kier molecular flexibility index (Phi) is 3.27. The number of carbonyl (C=O) groups is 1. The van der Waals surface area contributed by atoms with Gasteiger partial charge in [-0.3, -0.25) is 4.79 Å². The van der Waals surface area contributed by atoms with E-state index in [2.05, 4.69) is 10.3 Å². The predicted molar refractivity (Wildman–Crippen MR) is 58.5 cm³/mol. The molecule has 0 saturated heterocycles. The number of aromatic nitrogens is 1. The fourth-order valence-corrected chi connectivity index (χ4v) is 1.34. The summed E-state index contributed by atoms with van der Waals surface area (Å²) in [4.78, 5) is 14.5. The maximum absolute atomic E-state index is 13.3. The monoisotopic (exact) mass is 252 g/mol. The highest BCUT2D eigenvalue weighted by Crippen LogP contribution is 2.14. The molecule has 0 radical (unpaired) electrons. The first-order chi connectivity index (χ1) is 8.58. The lowest BCUT2D eigenvalue weighted by Crippen LogP contribution is -2.15. The number of nitrogens with one attached hydrogen (secondary N) is 1. The number of nitrogens with zero attached hydrogens (tertiary/aromatic N) is 1. The molecule has 1 N–H and O–H groups in total. The number of rotatable bonds is 2. The Labute approximate surface area is 100 Å². The van der Waals surface area contributed by atoms with Gasteiger partial charge in [-0.15, -0.1) is 0 Å². The molecule has 1 heterocycles. The van der Waals surface area contributed by atoms with E-state index < -0.39 is 23.6 Å². The second kappa shape index (κ2) is 4.87. The number of carbonyl (C=O) groups excluding carboxylic acids is 1. The van der Waals surface area contributed by atoms with Crippen molar-refractivity contribution in [2.24, 2.45) is 0 Å². The van der Waals surface area contributed by atoms with Gasteiger partial charge in [0.2, 0.25) is 11.9 Å². The number of benzene rings is 1. The smallest absolute Gasteiger partial charge is 0.258 e. The minimum atomic E-state index is -1.17. The van der Waals surface area contributed by atoms with E-state index in [0.717, 1.165) is 18.2 Å². The van der Waals surface area contributed by atoms with Gasteiger partial charge in [0.05, 0.1) is 11.3 Å². The molecular formula is C12H7F3N2O. The molecule has 2 aromatic rings.